The van der Waals surface area contributed by atoms with Crippen molar-refractivity contribution in [3.05, 3.63) is 40.8 Å². The van der Waals surface area contributed by atoms with E-state index in [9.17, 15) is 9.18 Å². The fourth-order valence-corrected chi connectivity index (χ4v) is 6.89. The zero-order valence-electron chi connectivity index (χ0n) is 22.5. The minimum atomic E-state index is -0.354. The van der Waals surface area contributed by atoms with Crippen molar-refractivity contribution in [3.8, 4) is 5.75 Å². The van der Waals surface area contributed by atoms with Crippen molar-refractivity contribution in [1.82, 2.24) is 14.9 Å². The zero-order chi connectivity index (χ0) is 26.6. The van der Waals surface area contributed by atoms with Crippen molar-refractivity contribution >= 4 is 38.8 Å². The van der Waals surface area contributed by atoms with Gasteiger partial charge in [0.1, 0.15) is 28.5 Å². The molecule has 0 bridgehead atoms. The SMILES string of the molecule is COC1CCC(Oc2cc(F)ccc2Nc2ncnc3sc(C(=O)CCCC4CCCN4C)c(C)c23)CC1. The number of nitrogens with one attached hydrogen (secondary N) is 1. The molecule has 7 nitrogen and oxygen atoms in total. The molecule has 5 rings (SSSR count). The second-order valence-electron chi connectivity index (χ2n) is 10.6. The number of methoxy groups -OCH3 is 1. The monoisotopic (exact) mass is 540 g/mol. The third kappa shape index (κ3) is 6.00. The van der Waals surface area contributed by atoms with Crippen LogP contribution < -0.4 is 10.1 Å². The van der Waals surface area contributed by atoms with E-state index >= 15 is 0 Å². The molecule has 1 N–H and O–H groups in total. The maximum Gasteiger partial charge on any atom is 0.173 e. The summed E-state index contributed by atoms with van der Waals surface area (Å²) in [5.74, 6) is 0.857. The first-order valence-electron chi connectivity index (χ1n) is 13.7. The van der Waals surface area contributed by atoms with E-state index in [1.807, 2.05) is 6.92 Å². The van der Waals surface area contributed by atoms with Crippen molar-refractivity contribution < 1.29 is 18.7 Å². The summed E-state index contributed by atoms with van der Waals surface area (Å²) in [5.41, 5.74) is 1.53. The normalized spacial score (nSPS) is 22.2. The van der Waals surface area contributed by atoms with Crippen molar-refractivity contribution in [2.45, 2.75) is 83.0 Å². The van der Waals surface area contributed by atoms with Gasteiger partial charge >= 0.3 is 0 Å². The summed E-state index contributed by atoms with van der Waals surface area (Å²) < 4.78 is 25.9. The molecule has 38 heavy (non-hydrogen) atoms. The molecule has 3 aromatic rings. The minimum absolute atomic E-state index is 0.00490. The fraction of sp³-hybridized carbons (Fsp3) is 0.552. The number of benzene rings is 1. The van der Waals surface area contributed by atoms with Crippen LogP contribution in [-0.4, -0.2) is 59.6 Å². The molecule has 0 amide bonds. The number of hydrogen-bond acceptors (Lipinski definition) is 8. The van der Waals surface area contributed by atoms with Gasteiger partial charge in [-0.15, -0.1) is 11.3 Å². The molecular formula is C29H37FN4O3S. The number of ketones is 1. The topological polar surface area (TPSA) is 76.6 Å². The number of aromatic nitrogens is 2. The van der Waals surface area contributed by atoms with Crippen LogP contribution in [0.5, 0.6) is 5.75 Å². The van der Waals surface area contributed by atoms with E-state index in [1.54, 1.807) is 13.2 Å². The number of rotatable bonds is 10. The highest BCUT2D eigenvalue weighted by Gasteiger charge is 2.25. The van der Waals surface area contributed by atoms with Crippen LogP contribution >= 0.6 is 11.3 Å². The first-order chi connectivity index (χ1) is 18.4. The lowest BCUT2D eigenvalue weighted by molar-refractivity contribution is 0.0329. The highest BCUT2D eigenvalue weighted by molar-refractivity contribution is 7.20. The molecule has 2 aliphatic rings. The van der Waals surface area contributed by atoms with Gasteiger partial charge < -0.3 is 19.7 Å². The molecule has 2 fully saturated rings. The van der Waals surface area contributed by atoms with Crippen LogP contribution in [0, 0.1) is 12.7 Å². The number of nitrogens with zero attached hydrogens (tertiary/aromatic N) is 3. The lowest BCUT2D eigenvalue weighted by atomic mass is 9.95. The summed E-state index contributed by atoms with van der Waals surface area (Å²) in [4.78, 5) is 26.0. The average molecular weight is 541 g/mol. The molecule has 1 aliphatic heterocycles. The van der Waals surface area contributed by atoms with Gasteiger partial charge in [-0.2, -0.15) is 0 Å². The number of hydrogen-bond donors (Lipinski definition) is 1. The molecule has 1 aliphatic carbocycles. The Kier molecular flexibility index (Phi) is 8.55. The molecular weight excluding hydrogens is 503 g/mol. The standard InChI is InChI=1S/C29H37FN4O3S/c1-18-26-28(33-23-14-9-19(30)16-25(23)37-22-12-10-21(36-3)11-13-22)31-17-32-29(26)38-27(18)24(35)8-4-6-20-7-5-15-34(20)2/h9,14,16-17,20-22H,4-8,10-13,15H2,1-3H3,(H,31,32,33). The van der Waals surface area contributed by atoms with Crippen LogP contribution in [-0.2, 0) is 4.74 Å². The highest BCUT2D eigenvalue weighted by atomic mass is 32.1. The van der Waals surface area contributed by atoms with Crippen molar-refractivity contribution in [3.63, 3.8) is 0 Å². The molecule has 204 valence electrons. The van der Waals surface area contributed by atoms with Crippen LogP contribution in [0.15, 0.2) is 24.5 Å². The quantitative estimate of drug-likeness (QED) is 0.288. The number of Topliss-reactive ketones (excluding diaryl/α,β-unsaturated/α-hetero) is 1. The van der Waals surface area contributed by atoms with Gasteiger partial charge in [-0.3, -0.25) is 4.79 Å². The van der Waals surface area contributed by atoms with Gasteiger partial charge in [0, 0.05) is 25.6 Å². The molecule has 1 saturated carbocycles. The van der Waals surface area contributed by atoms with Crippen LogP contribution in [0.25, 0.3) is 10.2 Å². The number of carbonyl (C=O) groups excluding carboxylic acids is 1. The Balaban J connectivity index is 1.32. The van der Waals surface area contributed by atoms with Crippen molar-refractivity contribution in [2.24, 2.45) is 0 Å². The van der Waals surface area contributed by atoms with Gasteiger partial charge in [0.2, 0.25) is 0 Å². The van der Waals surface area contributed by atoms with Gasteiger partial charge in [-0.05, 0) is 89.6 Å². The number of ether oxygens (including phenoxy) is 2. The minimum Gasteiger partial charge on any atom is -0.488 e. The van der Waals surface area contributed by atoms with Crippen molar-refractivity contribution in [2.75, 3.05) is 26.0 Å². The summed E-state index contributed by atoms with van der Waals surface area (Å²) in [7, 11) is 3.91. The fourth-order valence-electron chi connectivity index (χ4n) is 5.78. The molecule has 1 saturated heterocycles. The Bertz CT molecular complexity index is 1270. The zero-order valence-corrected chi connectivity index (χ0v) is 23.3. The van der Waals surface area contributed by atoms with E-state index in [0.29, 0.717) is 29.7 Å². The summed E-state index contributed by atoms with van der Waals surface area (Å²) >= 11 is 1.42. The number of halogens is 1. The number of thiophene rings is 1. The molecule has 1 aromatic carbocycles. The summed E-state index contributed by atoms with van der Waals surface area (Å²) in [6.07, 6.45) is 10.3. The predicted octanol–water partition coefficient (Wildman–Crippen LogP) is 6.67. The number of likely N-dealkylation sites (tertiary alicyclic amines) is 1. The first-order valence-corrected chi connectivity index (χ1v) is 14.5. The summed E-state index contributed by atoms with van der Waals surface area (Å²) in [6, 6.07) is 5.09. The third-order valence-electron chi connectivity index (χ3n) is 8.04. The van der Waals surface area contributed by atoms with E-state index in [0.717, 1.165) is 65.7 Å². The largest absolute Gasteiger partial charge is 0.488 e. The van der Waals surface area contributed by atoms with E-state index in [1.165, 1.54) is 42.6 Å². The second-order valence-corrected chi connectivity index (χ2v) is 11.6. The molecule has 1 unspecified atom stereocenters. The van der Waals surface area contributed by atoms with Gasteiger partial charge in [0.05, 0.1) is 28.2 Å². The van der Waals surface area contributed by atoms with Gasteiger partial charge in [0.15, 0.2) is 5.78 Å². The Morgan fingerprint density at radius 2 is 1.97 bits per heavy atom. The molecule has 3 heterocycles. The predicted molar refractivity (Wildman–Crippen MR) is 149 cm³/mol. The molecule has 0 radical (unpaired) electrons. The average Bonchev–Trinajstić information content (AvgIpc) is 3.49. The van der Waals surface area contributed by atoms with Gasteiger partial charge in [-0.25, -0.2) is 14.4 Å². The highest BCUT2D eigenvalue weighted by Crippen LogP contribution is 2.38. The Hall–Kier alpha value is -2.62. The lowest BCUT2D eigenvalue weighted by Crippen LogP contribution is -2.27. The Morgan fingerprint density at radius 1 is 1.18 bits per heavy atom. The summed E-state index contributed by atoms with van der Waals surface area (Å²) in [6.45, 7) is 3.11. The number of aryl methyl sites for hydroxylation is 1. The first kappa shape index (κ1) is 27.0. The Morgan fingerprint density at radius 3 is 2.71 bits per heavy atom. The summed E-state index contributed by atoms with van der Waals surface area (Å²) in [5, 5.41) is 4.18. The van der Waals surface area contributed by atoms with Crippen LogP contribution in [0.4, 0.5) is 15.9 Å². The number of anilines is 2. The van der Waals surface area contributed by atoms with E-state index < -0.39 is 0 Å². The van der Waals surface area contributed by atoms with Crippen LogP contribution in [0.1, 0.15) is 73.0 Å². The van der Waals surface area contributed by atoms with E-state index in [2.05, 4.69) is 27.2 Å². The molecule has 2 aromatic heterocycles. The second kappa shape index (κ2) is 12.1. The Labute approximate surface area is 227 Å². The van der Waals surface area contributed by atoms with Crippen molar-refractivity contribution in [1.29, 1.82) is 0 Å². The van der Waals surface area contributed by atoms with Crippen LogP contribution in [0.2, 0.25) is 0 Å². The van der Waals surface area contributed by atoms with Crippen LogP contribution in [0.3, 0.4) is 0 Å². The maximum absolute atomic E-state index is 14.2. The third-order valence-corrected chi connectivity index (χ3v) is 9.28. The smallest absolute Gasteiger partial charge is 0.173 e. The number of carbonyl (C=O) groups is 1. The maximum atomic E-state index is 14.2. The van der Waals surface area contributed by atoms with E-state index in [-0.39, 0.29) is 23.8 Å². The number of fused-ring (bicyclic) bond motifs is 1. The van der Waals surface area contributed by atoms with Gasteiger partial charge in [0.25, 0.3) is 0 Å². The lowest BCUT2D eigenvalue weighted by Gasteiger charge is -2.28. The molecule has 0 spiro atoms. The molecule has 1 atom stereocenters. The molecule has 9 heteroatoms. The van der Waals surface area contributed by atoms with E-state index in [4.69, 9.17) is 9.47 Å². The van der Waals surface area contributed by atoms with Gasteiger partial charge in [-0.1, -0.05) is 0 Å².